The molecule has 0 saturated carbocycles. The average Bonchev–Trinajstić information content (AvgIpc) is 2.52. The Labute approximate surface area is 140 Å². The van der Waals surface area contributed by atoms with Gasteiger partial charge in [-0.15, -0.1) is 0 Å². The van der Waals surface area contributed by atoms with Gasteiger partial charge in [0, 0.05) is 16.8 Å². The van der Waals surface area contributed by atoms with Crippen LogP contribution >= 0.6 is 23.8 Å². The second kappa shape index (κ2) is 7.77. The van der Waals surface area contributed by atoms with E-state index in [1.807, 2.05) is 55.5 Å². The molecule has 0 aliphatic carbocycles. The number of hydrogen-bond donors (Lipinski definition) is 2. The van der Waals surface area contributed by atoms with E-state index in [0.717, 1.165) is 22.7 Å². The lowest BCUT2D eigenvalue weighted by atomic mass is 10.1. The SMILES string of the molecule is COc1cccc(NC(=S)N/N=C(/C)c2cccc(Cl)c2)c1. The molecule has 0 bridgehead atoms. The van der Waals surface area contributed by atoms with Crippen molar-refractivity contribution in [3.8, 4) is 5.75 Å². The summed E-state index contributed by atoms with van der Waals surface area (Å²) in [6.45, 7) is 1.88. The third kappa shape index (κ3) is 4.72. The molecule has 2 N–H and O–H groups in total. The second-order valence-corrected chi connectivity index (χ2v) is 5.35. The van der Waals surface area contributed by atoms with Crippen LogP contribution in [0.2, 0.25) is 5.02 Å². The standard InChI is InChI=1S/C16H16ClN3OS/c1-11(12-5-3-6-13(17)9-12)19-20-16(22)18-14-7-4-8-15(10-14)21-2/h3-10H,1-2H3,(H2,18,20,22)/b19-11-. The first kappa shape index (κ1) is 16.3. The Bertz CT molecular complexity index is 703. The minimum Gasteiger partial charge on any atom is -0.497 e. The Balaban J connectivity index is 1.98. The fourth-order valence-corrected chi connectivity index (χ4v) is 2.13. The predicted octanol–water partition coefficient (Wildman–Crippen LogP) is 4.06. The fraction of sp³-hybridized carbons (Fsp3) is 0.125. The van der Waals surface area contributed by atoms with Gasteiger partial charge in [-0.05, 0) is 49.0 Å². The maximum absolute atomic E-state index is 5.96. The van der Waals surface area contributed by atoms with Crippen LogP contribution in [0.5, 0.6) is 5.75 Å². The zero-order valence-electron chi connectivity index (χ0n) is 12.3. The molecular weight excluding hydrogens is 318 g/mol. The van der Waals surface area contributed by atoms with Crippen LogP contribution in [0.15, 0.2) is 53.6 Å². The van der Waals surface area contributed by atoms with Crippen LogP contribution in [0.1, 0.15) is 12.5 Å². The van der Waals surface area contributed by atoms with E-state index in [2.05, 4.69) is 15.8 Å². The molecule has 0 heterocycles. The van der Waals surface area contributed by atoms with Crippen LogP contribution in [-0.4, -0.2) is 17.9 Å². The van der Waals surface area contributed by atoms with Gasteiger partial charge in [0.2, 0.25) is 0 Å². The third-order valence-electron chi connectivity index (χ3n) is 2.90. The van der Waals surface area contributed by atoms with Gasteiger partial charge in [-0.1, -0.05) is 29.8 Å². The van der Waals surface area contributed by atoms with Crippen LogP contribution in [0.3, 0.4) is 0 Å². The molecule has 0 fully saturated rings. The van der Waals surface area contributed by atoms with Crippen molar-refractivity contribution in [2.75, 3.05) is 12.4 Å². The molecule has 6 heteroatoms. The number of benzene rings is 2. The van der Waals surface area contributed by atoms with E-state index >= 15 is 0 Å². The smallest absolute Gasteiger partial charge is 0.191 e. The van der Waals surface area contributed by atoms with E-state index in [1.54, 1.807) is 7.11 Å². The third-order valence-corrected chi connectivity index (χ3v) is 3.32. The van der Waals surface area contributed by atoms with E-state index in [0.29, 0.717) is 10.1 Å². The number of anilines is 1. The van der Waals surface area contributed by atoms with Gasteiger partial charge in [-0.25, -0.2) is 0 Å². The first-order valence-electron chi connectivity index (χ1n) is 6.60. The van der Waals surface area contributed by atoms with Crippen molar-refractivity contribution in [2.24, 2.45) is 5.10 Å². The molecule has 2 aromatic rings. The molecule has 0 spiro atoms. The Kier molecular flexibility index (Phi) is 5.75. The van der Waals surface area contributed by atoms with Gasteiger partial charge in [-0.2, -0.15) is 5.10 Å². The van der Waals surface area contributed by atoms with Crippen molar-refractivity contribution in [2.45, 2.75) is 6.92 Å². The topological polar surface area (TPSA) is 45.6 Å². The number of thiocarbonyl (C=S) groups is 1. The number of nitrogens with zero attached hydrogens (tertiary/aromatic N) is 1. The van der Waals surface area contributed by atoms with Crippen LogP contribution in [0.25, 0.3) is 0 Å². The number of hydrogen-bond acceptors (Lipinski definition) is 3. The highest BCUT2D eigenvalue weighted by Gasteiger charge is 2.01. The number of ether oxygens (including phenoxy) is 1. The maximum atomic E-state index is 5.96. The lowest BCUT2D eigenvalue weighted by molar-refractivity contribution is 0.415. The molecule has 0 unspecified atom stereocenters. The van der Waals surface area contributed by atoms with Gasteiger partial charge in [0.05, 0.1) is 12.8 Å². The zero-order chi connectivity index (χ0) is 15.9. The highest BCUT2D eigenvalue weighted by atomic mass is 35.5. The monoisotopic (exact) mass is 333 g/mol. The van der Waals surface area contributed by atoms with Crippen LogP contribution in [0.4, 0.5) is 5.69 Å². The highest BCUT2D eigenvalue weighted by molar-refractivity contribution is 7.80. The van der Waals surface area contributed by atoms with Gasteiger partial charge >= 0.3 is 0 Å². The molecule has 0 aliphatic heterocycles. The fourth-order valence-electron chi connectivity index (χ4n) is 1.77. The maximum Gasteiger partial charge on any atom is 0.191 e. The number of nitrogens with one attached hydrogen (secondary N) is 2. The lowest BCUT2D eigenvalue weighted by Crippen LogP contribution is -2.24. The minimum absolute atomic E-state index is 0.398. The normalized spacial score (nSPS) is 11.0. The van der Waals surface area contributed by atoms with Gasteiger partial charge in [0.25, 0.3) is 0 Å². The number of halogens is 1. The molecule has 0 amide bonds. The van der Waals surface area contributed by atoms with E-state index in [9.17, 15) is 0 Å². The number of methoxy groups -OCH3 is 1. The molecule has 0 atom stereocenters. The largest absolute Gasteiger partial charge is 0.497 e. The van der Waals surface area contributed by atoms with E-state index in [1.165, 1.54) is 0 Å². The highest BCUT2D eigenvalue weighted by Crippen LogP contribution is 2.16. The lowest BCUT2D eigenvalue weighted by Gasteiger charge is -2.09. The molecule has 0 saturated heterocycles. The summed E-state index contributed by atoms with van der Waals surface area (Å²) in [6, 6.07) is 15.0. The Morgan fingerprint density at radius 2 is 1.95 bits per heavy atom. The number of rotatable bonds is 4. The first-order valence-corrected chi connectivity index (χ1v) is 7.38. The molecule has 2 aromatic carbocycles. The first-order chi connectivity index (χ1) is 10.6. The van der Waals surface area contributed by atoms with Crippen molar-refractivity contribution < 1.29 is 4.74 Å². The van der Waals surface area contributed by atoms with Gasteiger partial charge < -0.3 is 10.1 Å². The van der Waals surface area contributed by atoms with Crippen molar-refractivity contribution >= 4 is 40.3 Å². The summed E-state index contributed by atoms with van der Waals surface area (Å²) in [5.74, 6) is 0.756. The predicted molar refractivity (Wildman–Crippen MR) is 96.0 cm³/mol. The van der Waals surface area contributed by atoms with Crippen molar-refractivity contribution in [1.82, 2.24) is 5.43 Å². The van der Waals surface area contributed by atoms with Crippen molar-refractivity contribution in [1.29, 1.82) is 0 Å². The molecule has 22 heavy (non-hydrogen) atoms. The summed E-state index contributed by atoms with van der Waals surface area (Å²) in [6.07, 6.45) is 0. The minimum atomic E-state index is 0.398. The van der Waals surface area contributed by atoms with Gasteiger partial charge in [0.1, 0.15) is 5.75 Å². The zero-order valence-corrected chi connectivity index (χ0v) is 13.8. The Hall–Kier alpha value is -2.11. The summed E-state index contributed by atoms with van der Waals surface area (Å²) >= 11 is 11.2. The molecule has 0 aromatic heterocycles. The van der Waals surface area contributed by atoms with Gasteiger partial charge in [-0.3, -0.25) is 5.43 Å². The summed E-state index contributed by atoms with van der Waals surface area (Å²) in [7, 11) is 1.62. The van der Waals surface area contributed by atoms with Crippen LogP contribution < -0.4 is 15.5 Å². The van der Waals surface area contributed by atoms with E-state index in [4.69, 9.17) is 28.6 Å². The summed E-state index contributed by atoms with van der Waals surface area (Å²) in [5.41, 5.74) is 5.36. The van der Waals surface area contributed by atoms with E-state index < -0.39 is 0 Å². The quantitative estimate of drug-likeness (QED) is 0.503. The molecule has 114 valence electrons. The second-order valence-electron chi connectivity index (χ2n) is 4.51. The Morgan fingerprint density at radius 3 is 2.68 bits per heavy atom. The summed E-state index contributed by atoms with van der Waals surface area (Å²) in [5, 5.41) is 8.36. The average molecular weight is 334 g/mol. The molecule has 0 radical (unpaired) electrons. The van der Waals surface area contributed by atoms with Crippen molar-refractivity contribution in [3.05, 3.63) is 59.1 Å². The van der Waals surface area contributed by atoms with Crippen molar-refractivity contribution in [3.63, 3.8) is 0 Å². The van der Waals surface area contributed by atoms with Crippen LogP contribution in [-0.2, 0) is 0 Å². The number of hydrazone groups is 1. The van der Waals surface area contributed by atoms with Crippen LogP contribution in [0, 0.1) is 0 Å². The molecular formula is C16H16ClN3OS. The van der Waals surface area contributed by atoms with E-state index in [-0.39, 0.29) is 0 Å². The van der Waals surface area contributed by atoms with Gasteiger partial charge in [0.15, 0.2) is 5.11 Å². The summed E-state index contributed by atoms with van der Waals surface area (Å²) in [4.78, 5) is 0. The molecule has 0 aliphatic rings. The molecule has 4 nitrogen and oxygen atoms in total. The Morgan fingerprint density at radius 1 is 1.18 bits per heavy atom. The molecule has 2 rings (SSSR count). The summed E-state index contributed by atoms with van der Waals surface area (Å²) < 4.78 is 5.16.